The van der Waals surface area contributed by atoms with Gasteiger partial charge in [0.2, 0.25) is 0 Å². The monoisotopic (exact) mass is 375 g/mol. The summed E-state index contributed by atoms with van der Waals surface area (Å²) < 4.78 is 32.9. The minimum Gasteiger partial charge on any atom is -0.456 e. The van der Waals surface area contributed by atoms with Crippen LogP contribution in [-0.4, -0.2) is 25.8 Å². The van der Waals surface area contributed by atoms with Crippen LogP contribution in [0.25, 0.3) is 0 Å². The molecule has 0 saturated carbocycles. The van der Waals surface area contributed by atoms with E-state index in [4.69, 9.17) is 4.74 Å². The van der Waals surface area contributed by atoms with Gasteiger partial charge >= 0.3 is 5.97 Å². The first-order valence-electron chi connectivity index (χ1n) is 7.96. The van der Waals surface area contributed by atoms with Crippen molar-refractivity contribution in [1.82, 2.24) is 0 Å². The number of esters is 1. The number of hydrogen-bond acceptors (Lipinski definition) is 5. The molecule has 0 aliphatic carbocycles. The molecule has 26 heavy (non-hydrogen) atoms. The summed E-state index contributed by atoms with van der Waals surface area (Å²) in [5, 5.41) is 0. The number of ether oxygens (including phenoxy) is 1. The largest absolute Gasteiger partial charge is 0.456 e. The van der Waals surface area contributed by atoms with Crippen molar-refractivity contribution in [2.45, 2.75) is 38.2 Å². The SMILES string of the molecule is CC(=O)c1ccc(S(=O)(=O)Nc2ccccc2C(=O)OC(C)(C)C)cc1. The van der Waals surface area contributed by atoms with Crippen molar-refractivity contribution >= 4 is 27.5 Å². The number of anilines is 1. The van der Waals surface area contributed by atoms with Gasteiger partial charge < -0.3 is 4.74 Å². The summed E-state index contributed by atoms with van der Waals surface area (Å²) in [6, 6.07) is 11.8. The second kappa shape index (κ2) is 7.29. The fourth-order valence-electron chi connectivity index (χ4n) is 2.16. The van der Waals surface area contributed by atoms with Crippen LogP contribution in [0.4, 0.5) is 5.69 Å². The third-order valence-corrected chi connectivity index (χ3v) is 4.74. The molecule has 0 fully saturated rings. The second-order valence-electron chi connectivity index (χ2n) is 6.73. The zero-order chi connectivity index (χ0) is 19.5. The topological polar surface area (TPSA) is 89.5 Å². The Balaban J connectivity index is 2.32. The Bertz CT molecular complexity index is 925. The fraction of sp³-hybridized carbons (Fsp3) is 0.263. The van der Waals surface area contributed by atoms with Crippen LogP contribution in [0, 0.1) is 0 Å². The van der Waals surface area contributed by atoms with Gasteiger partial charge in [0.25, 0.3) is 10.0 Å². The van der Waals surface area contributed by atoms with E-state index in [9.17, 15) is 18.0 Å². The van der Waals surface area contributed by atoms with Gasteiger partial charge in [-0.25, -0.2) is 13.2 Å². The van der Waals surface area contributed by atoms with Crippen LogP contribution in [0.5, 0.6) is 0 Å². The standard InChI is InChI=1S/C19H21NO5S/c1-13(21)14-9-11-15(12-10-14)26(23,24)20-17-8-6-5-7-16(17)18(22)25-19(2,3)4/h5-12,20H,1-4H3. The normalized spacial score (nSPS) is 11.7. The van der Waals surface area contributed by atoms with E-state index in [0.717, 1.165) is 0 Å². The molecule has 7 heteroatoms. The maximum atomic E-state index is 12.6. The number of carbonyl (C=O) groups excluding carboxylic acids is 2. The molecular weight excluding hydrogens is 354 g/mol. The lowest BCUT2D eigenvalue weighted by Gasteiger charge is -2.20. The number of para-hydroxylation sites is 1. The molecule has 6 nitrogen and oxygen atoms in total. The quantitative estimate of drug-likeness (QED) is 0.636. The zero-order valence-corrected chi connectivity index (χ0v) is 15.9. The van der Waals surface area contributed by atoms with Gasteiger partial charge in [-0.3, -0.25) is 9.52 Å². The van der Waals surface area contributed by atoms with Crippen molar-refractivity contribution in [3.05, 3.63) is 59.7 Å². The van der Waals surface area contributed by atoms with Crippen LogP contribution in [0.1, 0.15) is 48.4 Å². The molecule has 0 aliphatic heterocycles. The van der Waals surface area contributed by atoms with Gasteiger partial charge in [0.1, 0.15) is 5.60 Å². The van der Waals surface area contributed by atoms with E-state index >= 15 is 0 Å². The van der Waals surface area contributed by atoms with Gasteiger partial charge in [-0.2, -0.15) is 0 Å². The molecular formula is C19H21NO5S. The first kappa shape index (κ1) is 19.7. The van der Waals surface area contributed by atoms with Gasteiger partial charge in [-0.1, -0.05) is 24.3 Å². The van der Waals surface area contributed by atoms with Gasteiger partial charge in [-0.15, -0.1) is 0 Å². The van der Waals surface area contributed by atoms with Crippen molar-refractivity contribution in [2.75, 3.05) is 4.72 Å². The fourth-order valence-corrected chi connectivity index (χ4v) is 3.24. The summed E-state index contributed by atoms with van der Waals surface area (Å²) in [6.45, 7) is 6.59. The van der Waals surface area contributed by atoms with E-state index in [-0.39, 0.29) is 21.9 Å². The van der Waals surface area contributed by atoms with E-state index in [1.165, 1.54) is 43.3 Å². The molecule has 0 heterocycles. The van der Waals surface area contributed by atoms with Gasteiger partial charge in [0.15, 0.2) is 5.78 Å². The van der Waals surface area contributed by atoms with Crippen molar-refractivity contribution < 1.29 is 22.7 Å². The predicted octanol–water partition coefficient (Wildman–Crippen LogP) is 3.65. The summed E-state index contributed by atoms with van der Waals surface area (Å²) in [5.41, 5.74) is -0.0483. The van der Waals surface area contributed by atoms with Crippen molar-refractivity contribution in [3.8, 4) is 0 Å². The van der Waals surface area contributed by atoms with E-state index in [0.29, 0.717) is 5.56 Å². The van der Waals surface area contributed by atoms with E-state index in [1.54, 1.807) is 32.9 Å². The molecule has 1 N–H and O–H groups in total. The molecule has 0 aromatic heterocycles. The molecule has 0 saturated heterocycles. The molecule has 0 radical (unpaired) electrons. The van der Waals surface area contributed by atoms with E-state index in [2.05, 4.69) is 4.72 Å². The summed E-state index contributed by atoms with van der Waals surface area (Å²) in [5.74, 6) is -0.778. The van der Waals surface area contributed by atoms with Crippen LogP contribution in [-0.2, 0) is 14.8 Å². The Labute approximate surface area is 153 Å². The molecule has 138 valence electrons. The highest BCUT2D eigenvalue weighted by atomic mass is 32.2. The summed E-state index contributed by atoms with van der Waals surface area (Å²) in [6.07, 6.45) is 0. The maximum absolute atomic E-state index is 12.6. The van der Waals surface area contributed by atoms with E-state index < -0.39 is 21.6 Å². The number of ketones is 1. The lowest BCUT2D eigenvalue weighted by atomic mass is 10.1. The van der Waals surface area contributed by atoms with Crippen LogP contribution in [0.3, 0.4) is 0 Å². The highest BCUT2D eigenvalue weighted by Crippen LogP contribution is 2.23. The Morgan fingerprint density at radius 1 is 0.962 bits per heavy atom. The smallest absolute Gasteiger partial charge is 0.340 e. The first-order chi connectivity index (χ1) is 12.0. The minimum absolute atomic E-state index is 0.0125. The average Bonchev–Trinajstić information content (AvgIpc) is 2.53. The maximum Gasteiger partial charge on any atom is 0.340 e. The number of sulfonamides is 1. The second-order valence-corrected chi connectivity index (χ2v) is 8.42. The molecule has 0 amide bonds. The number of hydrogen-bond donors (Lipinski definition) is 1. The zero-order valence-electron chi connectivity index (χ0n) is 15.1. The third kappa shape index (κ3) is 4.92. The van der Waals surface area contributed by atoms with Crippen molar-refractivity contribution in [2.24, 2.45) is 0 Å². The summed E-state index contributed by atoms with van der Waals surface area (Å²) >= 11 is 0. The van der Waals surface area contributed by atoms with Crippen molar-refractivity contribution in [1.29, 1.82) is 0 Å². The molecule has 0 unspecified atom stereocenters. The Morgan fingerprint density at radius 2 is 1.54 bits per heavy atom. The first-order valence-corrected chi connectivity index (χ1v) is 9.44. The van der Waals surface area contributed by atoms with Gasteiger partial charge in [0.05, 0.1) is 16.1 Å². The lowest BCUT2D eigenvalue weighted by Crippen LogP contribution is -2.25. The minimum atomic E-state index is -3.92. The molecule has 2 aromatic rings. The van der Waals surface area contributed by atoms with E-state index in [1.807, 2.05) is 0 Å². The average molecular weight is 375 g/mol. The number of rotatable bonds is 5. The molecule has 0 spiro atoms. The Hall–Kier alpha value is -2.67. The highest BCUT2D eigenvalue weighted by Gasteiger charge is 2.23. The summed E-state index contributed by atoms with van der Waals surface area (Å²) in [4.78, 5) is 23.6. The van der Waals surface area contributed by atoms with Gasteiger partial charge in [-0.05, 0) is 52.0 Å². The molecule has 0 atom stereocenters. The highest BCUT2D eigenvalue weighted by molar-refractivity contribution is 7.92. The molecule has 2 aromatic carbocycles. The molecule has 2 rings (SSSR count). The summed E-state index contributed by atoms with van der Waals surface area (Å²) in [7, 11) is -3.92. The number of benzene rings is 2. The van der Waals surface area contributed by atoms with Crippen molar-refractivity contribution in [3.63, 3.8) is 0 Å². The predicted molar refractivity (Wildman–Crippen MR) is 98.9 cm³/mol. The molecule has 0 bridgehead atoms. The Morgan fingerprint density at radius 3 is 2.08 bits per heavy atom. The third-order valence-electron chi connectivity index (χ3n) is 3.36. The number of Topliss-reactive ketones (excluding diaryl/α,β-unsaturated/α-hetero) is 1. The van der Waals surface area contributed by atoms with Crippen LogP contribution < -0.4 is 4.72 Å². The van der Waals surface area contributed by atoms with Crippen LogP contribution in [0.15, 0.2) is 53.4 Å². The van der Waals surface area contributed by atoms with Crippen LogP contribution in [0.2, 0.25) is 0 Å². The molecule has 0 aliphatic rings. The number of carbonyl (C=O) groups is 2. The lowest BCUT2D eigenvalue weighted by molar-refractivity contribution is 0.00707. The van der Waals surface area contributed by atoms with Crippen LogP contribution >= 0.6 is 0 Å². The van der Waals surface area contributed by atoms with Gasteiger partial charge in [0, 0.05) is 5.56 Å². The number of nitrogens with one attached hydrogen (secondary N) is 1. The Kier molecular flexibility index (Phi) is 5.51.